The zero-order valence-electron chi connectivity index (χ0n) is 11.2. The van der Waals surface area contributed by atoms with E-state index in [1.54, 1.807) is 23.6 Å². The van der Waals surface area contributed by atoms with Gasteiger partial charge < -0.3 is 25.5 Å². The van der Waals surface area contributed by atoms with E-state index in [1.165, 1.54) is 0 Å². The quantitative estimate of drug-likeness (QED) is 0.316. The number of nitrogens with two attached hydrogens (primary N) is 1. The van der Waals surface area contributed by atoms with Gasteiger partial charge in [-0.3, -0.25) is 4.79 Å². The van der Waals surface area contributed by atoms with Gasteiger partial charge in [0.25, 0.3) is 0 Å². The number of hydrogen-bond acceptors (Lipinski definition) is 5. The number of carbonyl (C=O) groups excluding carboxylic acids is 2. The number of piperazine rings is 1. The van der Waals surface area contributed by atoms with E-state index < -0.39 is 5.92 Å². The molecule has 1 aliphatic heterocycles. The lowest BCUT2D eigenvalue weighted by Crippen LogP contribution is -2.53. The van der Waals surface area contributed by atoms with Crippen LogP contribution in [0.3, 0.4) is 0 Å². The molecule has 1 aliphatic rings. The highest BCUT2D eigenvalue weighted by Crippen LogP contribution is 2.09. The van der Waals surface area contributed by atoms with Gasteiger partial charge in [0.2, 0.25) is 5.91 Å². The summed E-state index contributed by atoms with van der Waals surface area (Å²) in [7, 11) is 0. The number of nitrogens with zero attached hydrogens (tertiary/aromatic N) is 3. The Hall–Kier alpha value is -1.99. The second kappa shape index (κ2) is 6.81. The van der Waals surface area contributed by atoms with Crippen LogP contribution in [-0.2, 0) is 9.53 Å². The average Bonchev–Trinajstić information content (AvgIpc) is 2.45. The van der Waals surface area contributed by atoms with Crippen molar-refractivity contribution in [2.75, 3.05) is 32.8 Å². The van der Waals surface area contributed by atoms with Crippen LogP contribution in [0.4, 0.5) is 4.79 Å². The van der Waals surface area contributed by atoms with Gasteiger partial charge in [-0.15, -0.1) is 0 Å². The van der Waals surface area contributed by atoms with Crippen molar-refractivity contribution >= 4 is 17.8 Å². The predicted octanol–water partition coefficient (Wildman–Crippen LogP) is -0.330. The molecule has 1 fully saturated rings. The molecule has 1 saturated heterocycles. The minimum atomic E-state index is -0.667. The van der Waals surface area contributed by atoms with E-state index in [4.69, 9.17) is 15.7 Å². The Bertz CT molecular complexity index is 364. The van der Waals surface area contributed by atoms with Crippen molar-refractivity contribution in [2.24, 2.45) is 16.8 Å². The van der Waals surface area contributed by atoms with E-state index in [0.29, 0.717) is 32.8 Å². The number of amides is 2. The van der Waals surface area contributed by atoms with E-state index in [1.807, 2.05) is 0 Å². The van der Waals surface area contributed by atoms with Crippen molar-refractivity contribution < 1.29 is 19.5 Å². The van der Waals surface area contributed by atoms with Gasteiger partial charge in [0, 0.05) is 26.2 Å². The molecule has 108 valence electrons. The summed E-state index contributed by atoms with van der Waals surface area (Å²) in [6, 6.07) is 0. The van der Waals surface area contributed by atoms with Crippen LogP contribution in [0.1, 0.15) is 13.8 Å². The third-order valence-corrected chi connectivity index (χ3v) is 3.05. The average molecular weight is 272 g/mol. The Morgan fingerprint density at radius 2 is 1.84 bits per heavy atom. The first-order valence-electron chi connectivity index (χ1n) is 6.19. The van der Waals surface area contributed by atoms with Gasteiger partial charge in [-0.25, -0.2) is 4.79 Å². The fourth-order valence-electron chi connectivity index (χ4n) is 1.81. The van der Waals surface area contributed by atoms with E-state index in [0.717, 1.165) is 0 Å². The summed E-state index contributed by atoms with van der Waals surface area (Å²) < 4.78 is 4.89. The summed E-state index contributed by atoms with van der Waals surface area (Å²) in [5.41, 5.74) is 5.41. The fourth-order valence-corrected chi connectivity index (χ4v) is 1.81. The molecule has 0 bridgehead atoms. The first kappa shape index (κ1) is 15.1. The van der Waals surface area contributed by atoms with Gasteiger partial charge in [-0.2, -0.15) is 0 Å². The summed E-state index contributed by atoms with van der Waals surface area (Å²) in [5.74, 6) is -0.990. The third-order valence-electron chi connectivity index (χ3n) is 3.05. The molecular weight excluding hydrogens is 252 g/mol. The van der Waals surface area contributed by atoms with Gasteiger partial charge in [0.05, 0.1) is 12.5 Å². The molecule has 0 radical (unpaired) electrons. The van der Waals surface area contributed by atoms with Crippen molar-refractivity contribution in [3.8, 4) is 0 Å². The molecule has 1 unspecified atom stereocenters. The molecule has 0 saturated carbocycles. The molecule has 8 heteroatoms. The molecule has 2 amide bonds. The Balaban J connectivity index is 2.50. The van der Waals surface area contributed by atoms with Crippen LogP contribution < -0.4 is 5.73 Å². The van der Waals surface area contributed by atoms with Crippen molar-refractivity contribution in [3.05, 3.63) is 0 Å². The SMILES string of the molecule is CCOC(=O)N1CCN(C(=O)C(C)C(N)=NO)CC1. The molecule has 0 aromatic heterocycles. The maximum atomic E-state index is 12.0. The van der Waals surface area contributed by atoms with Crippen LogP contribution in [0.5, 0.6) is 0 Å². The van der Waals surface area contributed by atoms with Crippen molar-refractivity contribution in [1.29, 1.82) is 0 Å². The topological polar surface area (TPSA) is 108 Å². The first-order chi connectivity index (χ1) is 9.01. The second-order valence-corrected chi connectivity index (χ2v) is 4.26. The number of hydrogen-bond donors (Lipinski definition) is 2. The highest BCUT2D eigenvalue weighted by atomic mass is 16.6. The van der Waals surface area contributed by atoms with Gasteiger partial charge in [0.15, 0.2) is 5.84 Å². The summed E-state index contributed by atoms with van der Waals surface area (Å²) in [5, 5.41) is 11.4. The maximum absolute atomic E-state index is 12.0. The van der Waals surface area contributed by atoms with Crippen LogP contribution in [0.15, 0.2) is 5.16 Å². The Morgan fingerprint density at radius 3 is 2.32 bits per heavy atom. The normalized spacial score (nSPS) is 18.1. The van der Waals surface area contributed by atoms with Gasteiger partial charge in [-0.05, 0) is 13.8 Å². The molecular formula is C11H20N4O4. The molecule has 3 N–H and O–H groups in total. The zero-order valence-corrected chi connectivity index (χ0v) is 11.2. The minimum Gasteiger partial charge on any atom is -0.450 e. The number of ether oxygens (including phenoxy) is 1. The van der Waals surface area contributed by atoms with E-state index in [2.05, 4.69) is 5.16 Å². The van der Waals surface area contributed by atoms with Crippen LogP contribution in [-0.4, -0.2) is 65.6 Å². The first-order valence-corrected chi connectivity index (χ1v) is 6.19. The summed E-state index contributed by atoms with van der Waals surface area (Å²) in [6.45, 7) is 5.34. The largest absolute Gasteiger partial charge is 0.450 e. The molecule has 1 atom stereocenters. The highest BCUT2D eigenvalue weighted by molar-refractivity contribution is 6.01. The predicted molar refractivity (Wildman–Crippen MR) is 67.7 cm³/mol. The zero-order chi connectivity index (χ0) is 14.4. The van der Waals surface area contributed by atoms with Gasteiger partial charge in [-0.1, -0.05) is 5.16 Å². The lowest BCUT2D eigenvalue weighted by atomic mass is 10.1. The van der Waals surface area contributed by atoms with E-state index in [-0.39, 0.29) is 17.8 Å². The third kappa shape index (κ3) is 3.73. The second-order valence-electron chi connectivity index (χ2n) is 4.26. The maximum Gasteiger partial charge on any atom is 0.409 e. The van der Waals surface area contributed by atoms with Gasteiger partial charge in [0.1, 0.15) is 0 Å². The smallest absolute Gasteiger partial charge is 0.409 e. The van der Waals surface area contributed by atoms with Crippen LogP contribution in [0.25, 0.3) is 0 Å². The number of rotatable bonds is 3. The van der Waals surface area contributed by atoms with E-state index in [9.17, 15) is 9.59 Å². The van der Waals surface area contributed by atoms with Crippen molar-refractivity contribution in [2.45, 2.75) is 13.8 Å². The number of carbonyl (C=O) groups is 2. The lowest BCUT2D eigenvalue weighted by Gasteiger charge is -2.35. The fraction of sp³-hybridized carbons (Fsp3) is 0.727. The summed E-state index contributed by atoms with van der Waals surface area (Å²) in [4.78, 5) is 26.7. The summed E-state index contributed by atoms with van der Waals surface area (Å²) in [6.07, 6.45) is -0.362. The van der Waals surface area contributed by atoms with Crippen molar-refractivity contribution in [3.63, 3.8) is 0 Å². The molecule has 0 aromatic rings. The molecule has 8 nitrogen and oxygen atoms in total. The van der Waals surface area contributed by atoms with Crippen LogP contribution in [0.2, 0.25) is 0 Å². The number of amidine groups is 1. The molecule has 0 aliphatic carbocycles. The Morgan fingerprint density at radius 1 is 1.32 bits per heavy atom. The lowest BCUT2D eigenvalue weighted by molar-refractivity contribution is -0.134. The molecule has 0 spiro atoms. The van der Waals surface area contributed by atoms with Crippen molar-refractivity contribution in [1.82, 2.24) is 9.80 Å². The Labute approximate surface area is 111 Å². The molecule has 1 rings (SSSR count). The molecule has 0 aromatic carbocycles. The summed E-state index contributed by atoms with van der Waals surface area (Å²) >= 11 is 0. The monoisotopic (exact) mass is 272 g/mol. The molecule has 1 heterocycles. The van der Waals surface area contributed by atoms with Crippen LogP contribution >= 0.6 is 0 Å². The van der Waals surface area contributed by atoms with E-state index >= 15 is 0 Å². The van der Waals surface area contributed by atoms with Gasteiger partial charge >= 0.3 is 6.09 Å². The number of oxime groups is 1. The Kier molecular flexibility index (Phi) is 5.40. The minimum absolute atomic E-state index is 0.113. The van der Waals surface area contributed by atoms with Crippen LogP contribution in [0, 0.1) is 5.92 Å². The highest BCUT2D eigenvalue weighted by Gasteiger charge is 2.28. The standard InChI is InChI=1S/C11H20N4O4/c1-3-19-11(17)15-6-4-14(5-7-15)10(16)8(2)9(12)13-18/h8,18H,3-7H2,1-2H3,(H2,12,13). The molecule has 19 heavy (non-hydrogen) atoms.